The van der Waals surface area contributed by atoms with E-state index in [1.54, 1.807) is 4.90 Å². The minimum Gasteiger partial charge on any atom is -0.444 e. The van der Waals surface area contributed by atoms with E-state index in [2.05, 4.69) is 31.0 Å². The van der Waals surface area contributed by atoms with E-state index in [0.29, 0.717) is 12.1 Å². The Balaban J connectivity index is 2.23. The number of hydrogen-bond donors (Lipinski definition) is 1. The van der Waals surface area contributed by atoms with Gasteiger partial charge < -0.3 is 19.9 Å². The molecule has 5 nitrogen and oxygen atoms in total. The summed E-state index contributed by atoms with van der Waals surface area (Å²) in [6.45, 7) is 17.0. The van der Waals surface area contributed by atoms with Gasteiger partial charge in [0.15, 0.2) is 0 Å². The van der Waals surface area contributed by atoms with Gasteiger partial charge in [-0.05, 0) is 40.8 Å². The second-order valence-electron chi connectivity index (χ2n) is 6.64. The molecule has 0 bridgehead atoms. The Labute approximate surface area is 123 Å². The van der Waals surface area contributed by atoms with Crippen LogP contribution in [0.3, 0.4) is 0 Å². The number of amides is 1. The van der Waals surface area contributed by atoms with Gasteiger partial charge in [0.2, 0.25) is 0 Å². The van der Waals surface area contributed by atoms with Crippen LogP contribution in [0.4, 0.5) is 4.79 Å². The van der Waals surface area contributed by atoms with E-state index in [1.165, 1.54) is 0 Å². The molecule has 0 saturated carbocycles. The van der Waals surface area contributed by atoms with E-state index in [4.69, 9.17) is 4.74 Å². The van der Waals surface area contributed by atoms with E-state index in [-0.39, 0.29) is 6.09 Å². The van der Waals surface area contributed by atoms with Gasteiger partial charge in [-0.15, -0.1) is 0 Å². The number of likely N-dealkylation sites (N-methyl/N-ethyl adjacent to an activating group) is 1. The molecule has 1 saturated heterocycles. The van der Waals surface area contributed by atoms with Gasteiger partial charge in [0.05, 0.1) is 0 Å². The smallest absolute Gasteiger partial charge is 0.410 e. The highest BCUT2D eigenvalue weighted by molar-refractivity contribution is 5.69. The van der Waals surface area contributed by atoms with E-state index in [0.717, 1.165) is 32.7 Å². The average molecular weight is 285 g/mol. The molecule has 1 fully saturated rings. The van der Waals surface area contributed by atoms with Crippen LogP contribution in [-0.2, 0) is 4.74 Å². The molecule has 0 aromatic carbocycles. The van der Waals surface area contributed by atoms with Crippen LogP contribution in [0.1, 0.15) is 41.5 Å². The number of hydrogen-bond acceptors (Lipinski definition) is 4. The van der Waals surface area contributed by atoms with Crippen molar-refractivity contribution in [1.29, 1.82) is 0 Å². The molecular weight excluding hydrogens is 254 g/mol. The van der Waals surface area contributed by atoms with Crippen LogP contribution >= 0.6 is 0 Å². The highest BCUT2D eigenvalue weighted by Gasteiger charge is 2.34. The molecular formula is C15H31N3O2. The lowest BCUT2D eigenvalue weighted by atomic mass is 10.1. The van der Waals surface area contributed by atoms with Crippen molar-refractivity contribution in [1.82, 2.24) is 15.1 Å². The van der Waals surface area contributed by atoms with Crippen molar-refractivity contribution in [3.63, 3.8) is 0 Å². The zero-order valence-electron chi connectivity index (χ0n) is 13.9. The van der Waals surface area contributed by atoms with Crippen molar-refractivity contribution in [3.8, 4) is 0 Å². The molecule has 1 heterocycles. The fourth-order valence-electron chi connectivity index (χ4n) is 2.38. The Bertz CT molecular complexity index is 305. The number of nitrogens with zero attached hydrogens (tertiary/aromatic N) is 2. The maximum absolute atomic E-state index is 11.8. The first-order valence-electron chi connectivity index (χ1n) is 7.71. The molecule has 1 atom stereocenters. The Hall–Kier alpha value is -0.810. The lowest BCUT2D eigenvalue weighted by Crippen LogP contribution is -2.62. The van der Waals surface area contributed by atoms with Crippen molar-refractivity contribution in [2.75, 3.05) is 32.7 Å². The SMILES string of the molecule is CCN(CC)CC(C)NC1CN(C(=O)OC(C)(C)C)C1. The molecule has 0 aliphatic carbocycles. The van der Waals surface area contributed by atoms with E-state index in [1.807, 2.05) is 20.8 Å². The number of likely N-dealkylation sites (tertiary alicyclic amines) is 1. The highest BCUT2D eigenvalue weighted by Crippen LogP contribution is 2.15. The first kappa shape index (κ1) is 17.2. The molecule has 1 N–H and O–H groups in total. The number of carbonyl (C=O) groups excluding carboxylic acids is 1. The predicted octanol–water partition coefficient (Wildman–Crippen LogP) is 1.93. The third-order valence-corrected chi connectivity index (χ3v) is 3.48. The van der Waals surface area contributed by atoms with Gasteiger partial charge in [-0.25, -0.2) is 4.79 Å². The van der Waals surface area contributed by atoms with Crippen LogP contribution in [0, 0.1) is 0 Å². The average Bonchev–Trinajstić information content (AvgIpc) is 2.27. The van der Waals surface area contributed by atoms with Crippen molar-refractivity contribution in [3.05, 3.63) is 0 Å². The maximum atomic E-state index is 11.8. The molecule has 1 rings (SSSR count). The van der Waals surface area contributed by atoms with Crippen LogP contribution in [0.15, 0.2) is 0 Å². The lowest BCUT2D eigenvalue weighted by Gasteiger charge is -2.41. The van der Waals surface area contributed by atoms with Gasteiger partial charge in [-0.3, -0.25) is 0 Å². The van der Waals surface area contributed by atoms with Gasteiger partial charge in [0.25, 0.3) is 0 Å². The summed E-state index contributed by atoms with van der Waals surface area (Å²) in [6, 6.07) is 0.841. The van der Waals surface area contributed by atoms with Crippen LogP contribution in [0.2, 0.25) is 0 Å². The summed E-state index contributed by atoms with van der Waals surface area (Å²) in [4.78, 5) is 16.0. The van der Waals surface area contributed by atoms with Gasteiger partial charge in [-0.1, -0.05) is 13.8 Å². The number of nitrogens with one attached hydrogen (secondary N) is 1. The van der Waals surface area contributed by atoms with E-state index < -0.39 is 5.60 Å². The molecule has 1 aliphatic rings. The third-order valence-electron chi connectivity index (χ3n) is 3.48. The zero-order valence-corrected chi connectivity index (χ0v) is 13.9. The van der Waals surface area contributed by atoms with Gasteiger partial charge in [0, 0.05) is 31.7 Å². The maximum Gasteiger partial charge on any atom is 0.410 e. The number of rotatable bonds is 6. The lowest BCUT2D eigenvalue weighted by molar-refractivity contribution is 0.00396. The summed E-state index contributed by atoms with van der Waals surface area (Å²) < 4.78 is 5.35. The number of carbonyl (C=O) groups is 1. The van der Waals surface area contributed by atoms with Crippen molar-refractivity contribution >= 4 is 6.09 Å². The molecule has 118 valence electrons. The summed E-state index contributed by atoms with van der Waals surface area (Å²) in [5.74, 6) is 0. The van der Waals surface area contributed by atoms with Crippen molar-refractivity contribution in [2.24, 2.45) is 0 Å². The first-order valence-corrected chi connectivity index (χ1v) is 7.71. The molecule has 1 amide bonds. The van der Waals surface area contributed by atoms with Gasteiger partial charge >= 0.3 is 6.09 Å². The monoisotopic (exact) mass is 285 g/mol. The topological polar surface area (TPSA) is 44.8 Å². The Morgan fingerprint density at radius 1 is 1.35 bits per heavy atom. The van der Waals surface area contributed by atoms with Gasteiger partial charge in [0.1, 0.15) is 5.60 Å². The highest BCUT2D eigenvalue weighted by atomic mass is 16.6. The van der Waals surface area contributed by atoms with Crippen LogP contribution < -0.4 is 5.32 Å². The molecule has 0 aromatic rings. The quantitative estimate of drug-likeness (QED) is 0.810. The van der Waals surface area contributed by atoms with E-state index in [9.17, 15) is 4.79 Å². The predicted molar refractivity (Wildman–Crippen MR) is 82.0 cm³/mol. The second-order valence-corrected chi connectivity index (χ2v) is 6.64. The summed E-state index contributed by atoms with van der Waals surface area (Å²) in [7, 11) is 0. The Morgan fingerprint density at radius 2 is 1.90 bits per heavy atom. The zero-order chi connectivity index (χ0) is 15.3. The molecule has 0 spiro atoms. The Morgan fingerprint density at radius 3 is 2.35 bits per heavy atom. The van der Waals surface area contributed by atoms with Crippen LogP contribution in [0.25, 0.3) is 0 Å². The van der Waals surface area contributed by atoms with Crippen molar-refractivity contribution < 1.29 is 9.53 Å². The molecule has 5 heteroatoms. The fourth-order valence-corrected chi connectivity index (χ4v) is 2.38. The third kappa shape index (κ3) is 5.67. The van der Waals surface area contributed by atoms with Crippen LogP contribution in [-0.4, -0.2) is 66.3 Å². The second kappa shape index (κ2) is 7.27. The van der Waals surface area contributed by atoms with E-state index >= 15 is 0 Å². The minimum absolute atomic E-state index is 0.202. The molecule has 1 aliphatic heterocycles. The molecule has 0 radical (unpaired) electrons. The normalized spacial score (nSPS) is 18.1. The fraction of sp³-hybridized carbons (Fsp3) is 0.933. The Kier molecular flexibility index (Phi) is 6.27. The molecule has 20 heavy (non-hydrogen) atoms. The van der Waals surface area contributed by atoms with Crippen molar-refractivity contribution in [2.45, 2.75) is 59.2 Å². The van der Waals surface area contributed by atoms with Gasteiger partial charge in [-0.2, -0.15) is 0 Å². The molecule has 1 unspecified atom stereocenters. The number of ether oxygens (including phenoxy) is 1. The standard InChI is InChI=1S/C15H31N3O2/c1-7-17(8-2)9-12(3)16-13-10-18(11-13)14(19)20-15(4,5)6/h12-13,16H,7-11H2,1-6H3. The summed E-state index contributed by atoms with van der Waals surface area (Å²) in [6.07, 6.45) is -0.202. The molecule has 0 aromatic heterocycles. The van der Waals surface area contributed by atoms with Crippen LogP contribution in [0.5, 0.6) is 0 Å². The summed E-state index contributed by atoms with van der Waals surface area (Å²) >= 11 is 0. The first-order chi connectivity index (χ1) is 9.25. The largest absolute Gasteiger partial charge is 0.444 e. The summed E-state index contributed by atoms with van der Waals surface area (Å²) in [5.41, 5.74) is -0.411. The minimum atomic E-state index is -0.411. The summed E-state index contributed by atoms with van der Waals surface area (Å²) in [5, 5.41) is 3.57.